The molecule has 0 saturated carbocycles. The van der Waals surface area contributed by atoms with E-state index < -0.39 is 0 Å². The Hall–Kier alpha value is -2.20. The minimum Gasteiger partial charge on any atom is -0.334 e. The molecular formula is C21H22N2OS. The van der Waals surface area contributed by atoms with Crippen LogP contribution in [-0.4, -0.2) is 22.3 Å². The summed E-state index contributed by atoms with van der Waals surface area (Å²) in [4.78, 5) is 19.1. The van der Waals surface area contributed by atoms with Gasteiger partial charge < -0.3 is 4.90 Å². The van der Waals surface area contributed by atoms with E-state index in [1.165, 1.54) is 21.4 Å². The Morgan fingerprint density at radius 1 is 1.28 bits per heavy atom. The third kappa shape index (κ3) is 2.95. The quantitative estimate of drug-likeness (QED) is 0.648. The van der Waals surface area contributed by atoms with Crippen LogP contribution in [0.2, 0.25) is 0 Å². The Bertz CT molecular complexity index is 931. The molecule has 0 bridgehead atoms. The van der Waals surface area contributed by atoms with Crippen LogP contribution in [0.5, 0.6) is 0 Å². The molecule has 0 N–H and O–H groups in total. The van der Waals surface area contributed by atoms with E-state index >= 15 is 0 Å². The van der Waals surface area contributed by atoms with Crippen molar-refractivity contribution in [2.45, 2.75) is 39.2 Å². The van der Waals surface area contributed by atoms with Crippen molar-refractivity contribution < 1.29 is 4.79 Å². The van der Waals surface area contributed by atoms with Crippen molar-refractivity contribution in [3.05, 3.63) is 64.2 Å². The molecule has 0 spiro atoms. The van der Waals surface area contributed by atoms with Gasteiger partial charge in [-0.1, -0.05) is 32.0 Å². The first-order valence-corrected chi connectivity index (χ1v) is 9.78. The number of carbonyl (C=O) groups excluding carboxylic acids is 1. The van der Waals surface area contributed by atoms with Gasteiger partial charge in [-0.15, -0.1) is 11.3 Å². The van der Waals surface area contributed by atoms with Crippen LogP contribution in [-0.2, 0) is 13.0 Å². The second kappa shape index (κ2) is 6.60. The highest BCUT2D eigenvalue weighted by Gasteiger charge is 2.28. The smallest absolute Gasteiger partial charge is 0.254 e. The Kier molecular flexibility index (Phi) is 4.30. The van der Waals surface area contributed by atoms with Gasteiger partial charge in [0.1, 0.15) is 0 Å². The van der Waals surface area contributed by atoms with E-state index in [1.54, 1.807) is 11.3 Å². The van der Waals surface area contributed by atoms with Gasteiger partial charge in [0, 0.05) is 18.7 Å². The average Bonchev–Trinajstić information content (AvgIpc) is 3.23. The van der Waals surface area contributed by atoms with Crippen LogP contribution in [0.15, 0.2) is 41.9 Å². The van der Waals surface area contributed by atoms with Gasteiger partial charge in [0.15, 0.2) is 0 Å². The zero-order valence-electron chi connectivity index (χ0n) is 14.7. The number of aryl methyl sites for hydroxylation is 1. The molecule has 1 aromatic heterocycles. The number of carbonyl (C=O) groups is 1. The fourth-order valence-corrected chi connectivity index (χ4v) is 4.32. The summed E-state index contributed by atoms with van der Waals surface area (Å²) in [5.74, 6) is 0.598. The summed E-state index contributed by atoms with van der Waals surface area (Å²) >= 11 is 1.67. The largest absolute Gasteiger partial charge is 0.334 e. The highest BCUT2D eigenvalue weighted by molar-refractivity contribution is 7.16. The molecule has 3 nitrogen and oxygen atoms in total. The SMILES string of the molecule is CCc1cccc2c1CN(CCC(C)c1ccc3scnc3c1)C2=O. The summed E-state index contributed by atoms with van der Waals surface area (Å²) in [6, 6.07) is 12.7. The summed E-state index contributed by atoms with van der Waals surface area (Å²) in [6.07, 6.45) is 1.95. The predicted molar refractivity (Wildman–Crippen MR) is 103 cm³/mol. The van der Waals surface area contributed by atoms with E-state index in [9.17, 15) is 4.79 Å². The molecule has 3 aromatic rings. The predicted octanol–water partition coefficient (Wildman–Crippen LogP) is 5.01. The van der Waals surface area contributed by atoms with E-state index in [1.807, 2.05) is 22.5 Å². The highest BCUT2D eigenvalue weighted by atomic mass is 32.1. The maximum atomic E-state index is 12.7. The number of rotatable bonds is 5. The van der Waals surface area contributed by atoms with Gasteiger partial charge in [-0.25, -0.2) is 4.98 Å². The summed E-state index contributed by atoms with van der Waals surface area (Å²) in [7, 11) is 0. The first kappa shape index (κ1) is 16.3. The normalized spacial score (nSPS) is 15.0. The van der Waals surface area contributed by atoms with Gasteiger partial charge in [-0.3, -0.25) is 4.79 Å². The molecule has 128 valence electrons. The number of aromatic nitrogens is 1. The highest BCUT2D eigenvalue weighted by Crippen LogP contribution is 2.29. The Morgan fingerprint density at radius 3 is 3.00 bits per heavy atom. The zero-order chi connectivity index (χ0) is 17.4. The first-order chi connectivity index (χ1) is 12.2. The monoisotopic (exact) mass is 350 g/mol. The van der Waals surface area contributed by atoms with Crippen LogP contribution in [0.1, 0.15) is 53.2 Å². The molecule has 2 heterocycles. The van der Waals surface area contributed by atoms with E-state index in [2.05, 4.69) is 43.1 Å². The second-order valence-corrected chi connectivity index (χ2v) is 7.68. The number of amides is 1. The summed E-state index contributed by atoms with van der Waals surface area (Å²) in [5, 5.41) is 0. The molecular weight excluding hydrogens is 328 g/mol. The number of nitrogens with zero attached hydrogens (tertiary/aromatic N) is 2. The van der Waals surface area contributed by atoms with Crippen molar-refractivity contribution in [1.82, 2.24) is 9.88 Å². The molecule has 0 aliphatic carbocycles. The molecule has 1 atom stereocenters. The molecule has 0 fully saturated rings. The van der Waals surface area contributed by atoms with E-state index in [-0.39, 0.29) is 5.91 Å². The fourth-order valence-electron chi connectivity index (χ4n) is 3.66. The average molecular weight is 350 g/mol. The summed E-state index contributed by atoms with van der Waals surface area (Å²) in [5.41, 5.74) is 7.70. The standard InChI is InChI=1S/C21H22N2OS/c1-3-15-5-4-6-17-18(15)12-23(21(17)24)10-9-14(2)16-7-8-20-19(11-16)22-13-25-20/h4-8,11,13-14H,3,9-10,12H2,1-2H3. The summed E-state index contributed by atoms with van der Waals surface area (Å²) in [6.45, 7) is 5.95. The van der Waals surface area contributed by atoms with Gasteiger partial charge in [-0.2, -0.15) is 0 Å². The number of hydrogen-bond donors (Lipinski definition) is 0. The van der Waals surface area contributed by atoms with Crippen LogP contribution in [0.25, 0.3) is 10.2 Å². The minimum absolute atomic E-state index is 0.187. The summed E-state index contributed by atoms with van der Waals surface area (Å²) < 4.78 is 1.23. The number of benzene rings is 2. The van der Waals surface area contributed by atoms with Crippen molar-refractivity contribution in [3.8, 4) is 0 Å². The Morgan fingerprint density at radius 2 is 2.16 bits per heavy atom. The number of hydrogen-bond acceptors (Lipinski definition) is 3. The Balaban J connectivity index is 1.45. The molecule has 1 unspecified atom stereocenters. The fraction of sp³-hybridized carbons (Fsp3) is 0.333. The topological polar surface area (TPSA) is 33.2 Å². The molecule has 4 heteroatoms. The molecule has 2 aromatic carbocycles. The minimum atomic E-state index is 0.187. The number of fused-ring (bicyclic) bond motifs is 2. The Labute approximate surface area is 152 Å². The van der Waals surface area contributed by atoms with Crippen molar-refractivity contribution in [2.24, 2.45) is 0 Å². The van der Waals surface area contributed by atoms with Crippen molar-refractivity contribution in [2.75, 3.05) is 6.54 Å². The van der Waals surface area contributed by atoms with Gasteiger partial charge >= 0.3 is 0 Å². The van der Waals surface area contributed by atoms with Crippen molar-refractivity contribution in [1.29, 1.82) is 0 Å². The van der Waals surface area contributed by atoms with Crippen LogP contribution in [0, 0.1) is 0 Å². The second-order valence-electron chi connectivity index (χ2n) is 6.79. The third-order valence-corrected chi connectivity index (χ3v) is 6.09. The molecule has 1 amide bonds. The van der Waals surface area contributed by atoms with Gasteiger partial charge in [0.2, 0.25) is 0 Å². The molecule has 0 radical (unpaired) electrons. The maximum absolute atomic E-state index is 12.7. The van der Waals surface area contributed by atoms with Crippen LogP contribution < -0.4 is 0 Å². The van der Waals surface area contributed by atoms with Gasteiger partial charge in [0.25, 0.3) is 5.91 Å². The molecule has 1 aliphatic heterocycles. The van der Waals surface area contributed by atoms with Crippen LogP contribution in [0.3, 0.4) is 0 Å². The zero-order valence-corrected chi connectivity index (χ0v) is 15.5. The lowest BCUT2D eigenvalue weighted by molar-refractivity contribution is 0.0774. The molecule has 0 saturated heterocycles. The molecule has 4 rings (SSSR count). The molecule has 25 heavy (non-hydrogen) atoms. The third-order valence-electron chi connectivity index (χ3n) is 5.28. The lowest BCUT2D eigenvalue weighted by Crippen LogP contribution is -2.26. The van der Waals surface area contributed by atoms with Crippen LogP contribution >= 0.6 is 11.3 Å². The lowest BCUT2D eigenvalue weighted by Gasteiger charge is -2.19. The van der Waals surface area contributed by atoms with E-state index in [0.717, 1.165) is 37.0 Å². The van der Waals surface area contributed by atoms with E-state index in [0.29, 0.717) is 5.92 Å². The van der Waals surface area contributed by atoms with Crippen LogP contribution in [0.4, 0.5) is 0 Å². The van der Waals surface area contributed by atoms with Crippen molar-refractivity contribution in [3.63, 3.8) is 0 Å². The first-order valence-electron chi connectivity index (χ1n) is 8.90. The van der Waals surface area contributed by atoms with Gasteiger partial charge in [0.05, 0.1) is 15.7 Å². The lowest BCUT2D eigenvalue weighted by atomic mass is 9.97. The number of thiazole rings is 1. The van der Waals surface area contributed by atoms with E-state index in [4.69, 9.17) is 0 Å². The van der Waals surface area contributed by atoms with Gasteiger partial charge in [-0.05, 0) is 53.6 Å². The van der Waals surface area contributed by atoms with Crippen molar-refractivity contribution >= 4 is 27.5 Å². The maximum Gasteiger partial charge on any atom is 0.254 e. The molecule has 1 aliphatic rings.